The van der Waals surface area contributed by atoms with Gasteiger partial charge < -0.3 is 10.6 Å². The molecule has 0 aliphatic carbocycles. The molecule has 3 rings (SSSR count). The van der Waals surface area contributed by atoms with Crippen LogP contribution in [0.1, 0.15) is 19.4 Å². The summed E-state index contributed by atoms with van der Waals surface area (Å²) in [5.74, 6) is 1.20. The van der Waals surface area contributed by atoms with Crippen molar-refractivity contribution in [3.63, 3.8) is 0 Å². The van der Waals surface area contributed by atoms with Gasteiger partial charge in [-0.2, -0.15) is 4.98 Å². The first-order valence-corrected chi connectivity index (χ1v) is 8.49. The number of aromatic nitrogens is 3. The number of aryl methyl sites for hydroxylation is 1. The molecule has 0 atom stereocenters. The molecule has 0 aliphatic heterocycles. The van der Waals surface area contributed by atoms with Crippen molar-refractivity contribution in [2.24, 2.45) is 0 Å². The van der Waals surface area contributed by atoms with E-state index in [4.69, 9.17) is 11.6 Å². The Balaban J connectivity index is 2.00. The van der Waals surface area contributed by atoms with Crippen molar-refractivity contribution in [2.75, 3.05) is 10.6 Å². The molecule has 5 nitrogen and oxygen atoms in total. The minimum Gasteiger partial charge on any atom is -0.352 e. The Labute approximate surface area is 152 Å². The lowest BCUT2D eigenvalue weighted by Crippen LogP contribution is -2.13. The first-order chi connectivity index (χ1) is 12.0. The fourth-order valence-corrected chi connectivity index (χ4v) is 2.62. The molecule has 2 heterocycles. The normalized spacial score (nSPS) is 10.8. The molecule has 3 aromatic rings. The van der Waals surface area contributed by atoms with Crippen molar-refractivity contribution < 1.29 is 0 Å². The summed E-state index contributed by atoms with van der Waals surface area (Å²) in [7, 11) is 0. The van der Waals surface area contributed by atoms with E-state index in [2.05, 4.69) is 25.6 Å². The van der Waals surface area contributed by atoms with Crippen LogP contribution in [-0.2, 0) is 0 Å². The van der Waals surface area contributed by atoms with E-state index in [0.717, 1.165) is 22.6 Å². The van der Waals surface area contributed by atoms with E-state index < -0.39 is 0 Å². The number of benzene rings is 1. The van der Waals surface area contributed by atoms with Gasteiger partial charge in [0.15, 0.2) is 0 Å². The molecule has 0 unspecified atom stereocenters. The third kappa shape index (κ3) is 4.45. The third-order valence-electron chi connectivity index (χ3n) is 3.46. The zero-order valence-corrected chi connectivity index (χ0v) is 15.2. The molecule has 0 bridgehead atoms. The zero-order valence-electron chi connectivity index (χ0n) is 14.4. The Kier molecular flexibility index (Phi) is 5.14. The smallest absolute Gasteiger partial charge is 0.225 e. The van der Waals surface area contributed by atoms with Crippen LogP contribution in [0.15, 0.2) is 48.7 Å². The van der Waals surface area contributed by atoms with E-state index >= 15 is 0 Å². The van der Waals surface area contributed by atoms with Crippen LogP contribution in [0.25, 0.3) is 11.4 Å². The van der Waals surface area contributed by atoms with Crippen molar-refractivity contribution in [3.05, 3.63) is 59.2 Å². The van der Waals surface area contributed by atoms with Gasteiger partial charge in [0.2, 0.25) is 5.95 Å². The summed E-state index contributed by atoms with van der Waals surface area (Å²) >= 11 is 6.33. The van der Waals surface area contributed by atoms with Crippen LogP contribution in [0, 0.1) is 6.92 Å². The molecule has 0 amide bonds. The second-order valence-corrected chi connectivity index (χ2v) is 6.49. The number of anilines is 3. The molecule has 0 radical (unpaired) electrons. The minimum absolute atomic E-state index is 0.217. The first kappa shape index (κ1) is 17.2. The lowest BCUT2D eigenvalue weighted by molar-refractivity contribution is 0.875. The number of nitrogens with zero attached hydrogens (tertiary/aromatic N) is 3. The molecule has 0 saturated heterocycles. The summed E-state index contributed by atoms with van der Waals surface area (Å²) in [5.41, 5.74) is 3.43. The minimum atomic E-state index is 0.217. The molecule has 1 aromatic carbocycles. The number of hydrogen-bond donors (Lipinski definition) is 2. The zero-order chi connectivity index (χ0) is 17.8. The quantitative estimate of drug-likeness (QED) is 0.671. The van der Waals surface area contributed by atoms with Gasteiger partial charge in [-0.25, -0.2) is 4.98 Å². The second kappa shape index (κ2) is 7.49. The maximum Gasteiger partial charge on any atom is 0.225 e. The standard InChI is InChI=1S/C19H20ClN5/c1-12(2)22-19-24-17(16-6-4-5-9-21-16)11-18(25-19)23-15-8-7-13(3)10-14(15)20/h4-12H,1-3H3,(H2,22,23,24,25). The number of nitrogens with one attached hydrogen (secondary N) is 2. The SMILES string of the molecule is Cc1ccc(Nc2cc(-c3ccccn3)nc(NC(C)C)n2)c(Cl)c1. The van der Waals surface area contributed by atoms with E-state index in [1.807, 2.05) is 63.2 Å². The van der Waals surface area contributed by atoms with Gasteiger partial charge in [-0.05, 0) is 50.6 Å². The summed E-state index contributed by atoms with van der Waals surface area (Å²) in [6.07, 6.45) is 1.75. The highest BCUT2D eigenvalue weighted by Crippen LogP contribution is 2.27. The van der Waals surface area contributed by atoms with Crippen LogP contribution in [0.3, 0.4) is 0 Å². The second-order valence-electron chi connectivity index (χ2n) is 6.08. The van der Waals surface area contributed by atoms with E-state index in [9.17, 15) is 0 Å². The number of hydrogen-bond acceptors (Lipinski definition) is 5. The van der Waals surface area contributed by atoms with Crippen LogP contribution in [0.2, 0.25) is 5.02 Å². The van der Waals surface area contributed by atoms with Gasteiger partial charge in [-0.3, -0.25) is 4.98 Å². The van der Waals surface area contributed by atoms with E-state index in [-0.39, 0.29) is 6.04 Å². The molecule has 0 spiro atoms. The monoisotopic (exact) mass is 353 g/mol. The summed E-state index contributed by atoms with van der Waals surface area (Å²) in [6, 6.07) is 13.7. The average molecular weight is 354 g/mol. The first-order valence-electron chi connectivity index (χ1n) is 8.11. The topological polar surface area (TPSA) is 62.7 Å². The maximum atomic E-state index is 6.33. The molecule has 0 saturated carbocycles. The van der Waals surface area contributed by atoms with Crippen LogP contribution >= 0.6 is 11.6 Å². The predicted octanol–water partition coefficient (Wildman–Crippen LogP) is 5.06. The van der Waals surface area contributed by atoms with Gasteiger partial charge in [-0.1, -0.05) is 23.7 Å². The third-order valence-corrected chi connectivity index (χ3v) is 3.77. The highest BCUT2D eigenvalue weighted by molar-refractivity contribution is 6.33. The molecule has 2 aromatic heterocycles. The maximum absolute atomic E-state index is 6.33. The van der Waals surface area contributed by atoms with Gasteiger partial charge in [-0.15, -0.1) is 0 Å². The van der Waals surface area contributed by atoms with E-state index in [1.165, 1.54) is 0 Å². The van der Waals surface area contributed by atoms with E-state index in [0.29, 0.717) is 16.8 Å². The average Bonchev–Trinajstić information content (AvgIpc) is 2.57. The van der Waals surface area contributed by atoms with Crippen molar-refractivity contribution in [2.45, 2.75) is 26.8 Å². The van der Waals surface area contributed by atoms with Crippen molar-refractivity contribution >= 4 is 29.1 Å². The Hall–Kier alpha value is -2.66. The summed E-state index contributed by atoms with van der Waals surface area (Å²) in [5, 5.41) is 7.16. The molecular weight excluding hydrogens is 334 g/mol. The van der Waals surface area contributed by atoms with Crippen molar-refractivity contribution in [1.29, 1.82) is 0 Å². The highest BCUT2D eigenvalue weighted by atomic mass is 35.5. The molecule has 25 heavy (non-hydrogen) atoms. The van der Waals surface area contributed by atoms with Crippen molar-refractivity contribution in [1.82, 2.24) is 15.0 Å². The predicted molar refractivity (Wildman–Crippen MR) is 103 cm³/mol. The van der Waals surface area contributed by atoms with Crippen LogP contribution in [0.4, 0.5) is 17.5 Å². The Bertz CT molecular complexity index is 865. The Morgan fingerprint density at radius 3 is 2.52 bits per heavy atom. The fourth-order valence-electron chi connectivity index (χ4n) is 2.34. The van der Waals surface area contributed by atoms with Gasteiger partial charge in [0.25, 0.3) is 0 Å². The molecule has 0 aliphatic rings. The van der Waals surface area contributed by atoms with E-state index in [1.54, 1.807) is 6.20 Å². The number of rotatable bonds is 5. The largest absolute Gasteiger partial charge is 0.352 e. The molecule has 2 N–H and O–H groups in total. The number of pyridine rings is 1. The summed E-state index contributed by atoms with van der Waals surface area (Å²) in [6.45, 7) is 6.09. The molecule has 128 valence electrons. The molecule has 0 fully saturated rings. The van der Waals surface area contributed by atoms with Gasteiger partial charge in [0.1, 0.15) is 5.82 Å². The van der Waals surface area contributed by atoms with Crippen LogP contribution < -0.4 is 10.6 Å². The van der Waals surface area contributed by atoms with Gasteiger partial charge in [0.05, 0.1) is 22.1 Å². The lowest BCUT2D eigenvalue weighted by Gasteiger charge is -2.13. The summed E-state index contributed by atoms with van der Waals surface area (Å²) < 4.78 is 0. The fraction of sp³-hybridized carbons (Fsp3) is 0.211. The van der Waals surface area contributed by atoms with Crippen molar-refractivity contribution in [3.8, 4) is 11.4 Å². The highest BCUT2D eigenvalue weighted by Gasteiger charge is 2.10. The lowest BCUT2D eigenvalue weighted by atomic mass is 10.2. The van der Waals surface area contributed by atoms with Crippen LogP contribution in [-0.4, -0.2) is 21.0 Å². The Morgan fingerprint density at radius 2 is 1.84 bits per heavy atom. The van der Waals surface area contributed by atoms with Crippen LogP contribution in [0.5, 0.6) is 0 Å². The molecule has 6 heteroatoms. The summed E-state index contributed by atoms with van der Waals surface area (Å²) in [4.78, 5) is 13.5. The Morgan fingerprint density at radius 1 is 1.00 bits per heavy atom. The number of halogens is 1. The van der Waals surface area contributed by atoms with Gasteiger partial charge >= 0.3 is 0 Å². The van der Waals surface area contributed by atoms with Gasteiger partial charge in [0, 0.05) is 18.3 Å². The molecular formula is C19H20ClN5.